The highest BCUT2D eigenvalue weighted by Crippen LogP contribution is 2.52. The summed E-state index contributed by atoms with van der Waals surface area (Å²) < 4.78 is 113. The average Bonchev–Trinajstić information content (AvgIpc) is 2.88. The second kappa shape index (κ2) is 13.1. The van der Waals surface area contributed by atoms with Gasteiger partial charge in [-0.15, -0.1) is 0 Å². The number of hydrogen-bond acceptors (Lipinski definition) is 9. The predicted molar refractivity (Wildman–Crippen MR) is 124 cm³/mol. The number of nitriles is 2. The Hall–Kier alpha value is -2.12. The zero-order chi connectivity index (χ0) is 28.0. The summed E-state index contributed by atoms with van der Waals surface area (Å²) in [5, 5.41) is 20.5. The Morgan fingerprint density at radius 2 is 1.41 bits per heavy atom. The number of alkyl halides is 3. The van der Waals surface area contributed by atoms with Crippen molar-refractivity contribution in [2.24, 2.45) is 0 Å². The third-order valence-corrected chi connectivity index (χ3v) is 7.79. The molecule has 0 aromatic heterocycles. The molecule has 2 rings (SSSR count). The fourth-order valence-electron chi connectivity index (χ4n) is 2.78. The molecular formula is C19H9F8N3O2S5. The maximum absolute atomic E-state index is 13.7. The summed E-state index contributed by atoms with van der Waals surface area (Å²) in [5.74, 6) is -2.31. The molecule has 0 radical (unpaired) electrons. The highest BCUT2D eigenvalue weighted by Gasteiger charge is 2.37. The first-order chi connectivity index (χ1) is 17.4. The summed E-state index contributed by atoms with van der Waals surface area (Å²) >= 11 is -3.77. The lowest BCUT2D eigenvalue weighted by atomic mass is 10.0. The molecule has 1 unspecified atom stereocenters. The Bertz CT molecular complexity index is 1240. The van der Waals surface area contributed by atoms with Crippen molar-refractivity contribution >= 4 is 66.6 Å². The number of halogens is 8. The Kier molecular flexibility index (Phi) is 11.0. The van der Waals surface area contributed by atoms with E-state index in [0.717, 1.165) is 19.1 Å². The van der Waals surface area contributed by atoms with Crippen molar-refractivity contribution in [3.05, 3.63) is 34.9 Å². The number of ether oxygens (including phenoxy) is 1. The number of nitrogens with one attached hydrogen (secondary N) is 1. The van der Waals surface area contributed by atoms with Crippen molar-refractivity contribution in [2.75, 3.05) is 6.61 Å². The number of amides is 1. The van der Waals surface area contributed by atoms with Gasteiger partial charge in [0, 0.05) is 0 Å². The zero-order valence-electron chi connectivity index (χ0n) is 17.7. The van der Waals surface area contributed by atoms with Gasteiger partial charge in [0.2, 0.25) is 0 Å². The standard InChI is InChI=1S/C19H9F8N3O2S5/c1-18(6-29,7-32-10-4-8(5-28)2-3-9(10)19(20,21)22)30-17(31)11-12(33-23)14(35-25)16(37-27)15(36-26)13(11)34-24/h2-4H,7H2,1H3,(H,30,31). The van der Waals surface area contributed by atoms with Crippen molar-refractivity contribution in [3.63, 3.8) is 0 Å². The van der Waals surface area contributed by atoms with Gasteiger partial charge in [-0.1, -0.05) is 0 Å². The molecule has 2 aromatic rings. The summed E-state index contributed by atoms with van der Waals surface area (Å²) in [5.41, 5.74) is -4.65. The van der Waals surface area contributed by atoms with Gasteiger partial charge in [0.15, 0.2) is 5.54 Å². The molecule has 0 fully saturated rings. The van der Waals surface area contributed by atoms with Gasteiger partial charge in [-0.05, 0) is 25.1 Å². The molecule has 0 saturated carbocycles. The number of hydrogen-bond donors (Lipinski definition) is 1. The fourth-order valence-corrected chi connectivity index (χ4v) is 5.72. The van der Waals surface area contributed by atoms with E-state index in [0.29, 0.717) is 6.07 Å². The van der Waals surface area contributed by atoms with Crippen LogP contribution in [0, 0.1) is 22.7 Å². The van der Waals surface area contributed by atoms with Crippen LogP contribution in [0.2, 0.25) is 0 Å². The molecule has 1 atom stereocenters. The van der Waals surface area contributed by atoms with Gasteiger partial charge in [-0.2, -0.15) is 43.1 Å². The van der Waals surface area contributed by atoms with Crippen molar-refractivity contribution < 1.29 is 42.1 Å². The van der Waals surface area contributed by atoms with Gasteiger partial charge >= 0.3 is 6.18 Å². The first-order valence-corrected chi connectivity index (χ1v) is 12.7. The van der Waals surface area contributed by atoms with Crippen LogP contribution in [0.4, 0.5) is 32.6 Å². The summed E-state index contributed by atoms with van der Waals surface area (Å²) in [6.07, 6.45) is -4.91. The van der Waals surface area contributed by atoms with Crippen LogP contribution in [-0.2, 0) is 6.18 Å². The quantitative estimate of drug-likeness (QED) is 0.262. The monoisotopic (exact) mass is 623 g/mol. The molecule has 0 aliphatic carbocycles. The summed E-state index contributed by atoms with van der Waals surface area (Å²) in [6.45, 7) is 0.0233. The highest BCUT2D eigenvalue weighted by molar-refractivity contribution is 8.00. The van der Waals surface area contributed by atoms with Crippen molar-refractivity contribution in [2.45, 2.75) is 43.1 Å². The lowest BCUT2D eigenvalue weighted by molar-refractivity contribution is -0.139. The molecule has 0 spiro atoms. The molecule has 1 amide bonds. The van der Waals surface area contributed by atoms with Gasteiger partial charge in [-0.25, -0.2) is 0 Å². The van der Waals surface area contributed by atoms with E-state index >= 15 is 0 Å². The molecule has 0 saturated heterocycles. The summed E-state index contributed by atoms with van der Waals surface area (Å²) in [7, 11) is 0. The molecule has 198 valence electrons. The lowest BCUT2D eigenvalue weighted by Crippen LogP contribution is -2.49. The SMILES string of the molecule is CC(C#N)(COc1cc(C#N)ccc1C(F)(F)F)NC(=O)c1c(SF)c(SF)c(SF)c(SF)c1SF. The fraction of sp³-hybridized carbons (Fsp3) is 0.211. The van der Waals surface area contributed by atoms with Gasteiger partial charge in [-0.3, -0.25) is 4.79 Å². The average molecular weight is 624 g/mol. The lowest BCUT2D eigenvalue weighted by Gasteiger charge is -2.26. The molecule has 5 nitrogen and oxygen atoms in total. The molecular weight excluding hydrogens is 615 g/mol. The number of rotatable bonds is 10. The zero-order valence-corrected chi connectivity index (χ0v) is 21.8. The first-order valence-electron chi connectivity index (χ1n) is 9.09. The van der Waals surface area contributed by atoms with Gasteiger partial charge in [0.05, 0.1) is 114 Å². The van der Waals surface area contributed by atoms with Crippen molar-refractivity contribution in [1.82, 2.24) is 5.32 Å². The summed E-state index contributed by atoms with van der Waals surface area (Å²) in [6, 6.07) is 5.39. The molecule has 0 heterocycles. The second-order valence-electron chi connectivity index (χ2n) is 6.91. The van der Waals surface area contributed by atoms with Gasteiger partial charge < -0.3 is 10.1 Å². The maximum Gasteiger partial charge on any atom is 0.419 e. The molecule has 2 aromatic carbocycles. The van der Waals surface area contributed by atoms with Crippen LogP contribution in [0.5, 0.6) is 5.75 Å². The van der Waals surface area contributed by atoms with Crippen molar-refractivity contribution in [1.29, 1.82) is 10.5 Å². The Balaban J connectivity index is 2.52. The number of carbonyl (C=O) groups is 1. The number of benzene rings is 2. The van der Waals surface area contributed by atoms with Crippen LogP contribution >= 0.6 is 60.7 Å². The Morgan fingerprint density at radius 3 is 1.81 bits per heavy atom. The van der Waals surface area contributed by atoms with E-state index in [4.69, 9.17) is 10.00 Å². The Labute approximate surface area is 226 Å². The van der Waals surface area contributed by atoms with Crippen LogP contribution in [0.15, 0.2) is 42.7 Å². The molecule has 0 aliphatic rings. The van der Waals surface area contributed by atoms with Crippen LogP contribution in [0.3, 0.4) is 0 Å². The molecule has 37 heavy (non-hydrogen) atoms. The molecule has 18 heteroatoms. The number of carbonyl (C=O) groups excluding carboxylic acids is 1. The van der Waals surface area contributed by atoms with E-state index in [1.54, 1.807) is 12.1 Å². The van der Waals surface area contributed by atoms with Gasteiger partial charge in [0.25, 0.3) is 5.91 Å². The molecule has 1 N–H and O–H groups in total. The first kappa shape index (κ1) is 31.1. The van der Waals surface area contributed by atoms with Crippen LogP contribution < -0.4 is 10.1 Å². The maximum atomic E-state index is 13.7. The summed E-state index contributed by atoms with van der Waals surface area (Å²) in [4.78, 5) is 8.56. The smallest absolute Gasteiger partial charge is 0.419 e. The normalized spacial score (nSPS) is 12.8. The van der Waals surface area contributed by atoms with E-state index < -0.39 is 126 Å². The Morgan fingerprint density at radius 1 is 0.919 bits per heavy atom. The second-order valence-corrected chi connectivity index (χ2v) is 9.73. The van der Waals surface area contributed by atoms with E-state index in [2.05, 4.69) is 0 Å². The topological polar surface area (TPSA) is 85.9 Å². The van der Waals surface area contributed by atoms with Crippen molar-refractivity contribution in [3.8, 4) is 17.9 Å². The third kappa shape index (κ3) is 6.85. The third-order valence-electron chi connectivity index (χ3n) is 4.46. The minimum atomic E-state index is -4.91. The van der Waals surface area contributed by atoms with Crippen LogP contribution in [-0.4, -0.2) is 18.1 Å². The number of nitrogens with zero attached hydrogens (tertiary/aromatic N) is 2. The van der Waals surface area contributed by atoms with Crippen LogP contribution in [0.25, 0.3) is 0 Å². The highest BCUT2D eigenvalue weighted by atomic mass is 32.2. The van der Waals surface area contributed by atoms with Gasteiger partial charge in [0.1, 0.15) is 12.4 Å². The van der Waals surface area contributed by atoms with E-state index in [9.17, 15) is 42.7 Å². The van der Waals surface area contributed by atoms with Crippen LogP contribution in [0.1, 0.15) is 28.4 Å². The molecule has 0 bridgehead atoms. The predicted octanol–water partition coefficient (Wildman–Crippen LogP) is 8.55. The minimum Gasteiger partial charge on any atom is -0.489 e. The van der Waals surface area contributed by atoms with E-state index in [1.807, 2.05) is 5.32 Å². The van der Waals surface area contributed by atoms with E-state index in [1.165, 1.54) is 0 Å². The van der Waals surface area contributed by atoms with E-state index in [-0.39, 0.29) is 5.56 Å². The largest absolute Gasteiger partial charge is 0.489 e. The molecule has 0 aliphatic heterocycles. The minimum absolute atomic E-state index is 0.210.